The second kappa shape index (κ2) is 6.15. The normalized spacial score (nSPS) is 26.5. The van der Waals surface area contributed by atoms with Crippen molar-refractivity contribution in [1.29, 1.82) is 0 Å². The van der Waals surface area contributed by atoms with Crippen LogP contribution in [-0.2, 0) is 6.42 Å². The van der Waals surface area contributed by atoms with Gasteiger partial charge in [-0.1, -0.05) is 13.0 Å². The molecule has 1 aromatic carbocycles. The van der Waals surface area contributed by atoms with Gasteiger partial charge in [0.15, 0.2) is 0 Å². The molecular formula is C17H26N2O. The van der Waals surface area contributed by atoms with E-state index < -0.39 is 0 Å². The Morgan fingerprint density at radius 1 is 1.35 bits per heavy atom. The van der Waals surface area contributed by atoms with Crippen molar-refractivity contribution in [2.75, 3.05) is 26.7 Å². The smallest absolute Gasteiger partial charge is 0.119 e. The molecule has 1 N–H and O–H groups in total. The van der Waals surface area contributed by atoms with E-state index in [2.05, 4.69) is 35.3 Å². The van der Waals surface area contributed by atoms with E-state index in [1.807, 2.05) is 0 Å². The van der Waals surface area contributed by atoms with E-state index in [1.165, 1.54) is 56.4 Å². The van der Waals surface area contributed by atoms with Gasteiger partial charge in [0.25, 0.3) is 0 Å². The van der Waals surface area contributed by atoms with E-state index in [0.29, 0.717) is 12.1 Å². The predicted octanol–water partition coefficient (Wildman–Crippen LogP) is 2.76. The third kappa shape index (κ3) is 2.84. The number of fused-ring (bicyclic) bond motifs is 1. The molecule has 1 heterocycles. The molecule has 0 bridgehead atoms. The van der Waals surface area contributed by atoms with Crippen LogP contribution in [0.5, 0.6) is 5.75 Å². The maximum absolute atomic E-state index is 5.38. The largest absolute Gasteiger partial charge is 0.497 e. The summed E-state index contributed by atoms with van der Waals surface area (Å²) in [6.45, 7) is 5.90. The molecule has 3 rings (SSSR count). The van der Waals surface area contributed by atoms with E-state index >= 15 is 0 Å². The first-order chi connectivity index (χ1) is 9.80. The molecule has 20 heavy (non-hydrogen) atoms. The van der Waals surface area contributed by atoms with Gasteiger partial charge in [-0.2, -0.15) is 0 Å². The Kier molecular flexibility index (Phi) is 4.27. The number of ether oxygens (including phenoxy) is 1. The quantitative estimate of drug-likeness (QED) is 0.913. The standard InChI is InChI=1S/C17H26N2O/c1-3-19-10-4-5-14(12-19)18-17-9-7-13-6-8-15(20-2)11-16(13)17/h6,8,11,14,17-18H,3-5,7,9-10,12H2,1-2H3. The van der Waals surface area contributed by atoms with Gasteiger partial charge in [-0.15, -0.1) is 0 Å². The molecule has 1 saturated heterocycles. The molecule has 0 amide bonds. The van der Waals surface area contributed by atoms with Crippen LogP contribution in [0.4, 0.5) is 0 Å². The summed E-state index contributed by atoms with van der Waals surface area (Å²) < 4.78 is 5.38. The average Bonchev–Trinajstić information content (AvgIpc) is 2.89. The number of hydrogen-bond donors (Lipinski definition) is 1. The molecular weight excluding hydrogens is 248 g/mol. The van der Waals surface area contributed by atoms with Crippen LogP contribution in [0.1, 0.15) is 43.4 Å². The third-order valence-electron chi connectivity index (χ3n) is 4.82. The lowest BCUT2D eigenvalue weighted by molar-refractivity contribution is 0.190. The second-order valence-corrected chi connectivity index (χ2v) is 6.06. The summed E-state index contributed by atoms with van der Waals surface area (Å²) in [4.78, 5) is 2.56. The van der Waals surface area contributed by atoms with E-state index in [1.54, 1.807) is 7.11 Å². The van der Waals surface area contributed by atoms with Crippen LogP contribution in [0.3, 0.4) is 0 Å². The van der Waals surface area contributed by atoms with Gasteiger partial charge >= 0.3 is 0 Å². The maximum atomic E-state index is 5.38. The van der Waals surface area contributed by atoms with Gasteiger partial charge < -0.3 is 15.0 Å². The topological polar surface area (TPSA) is 24.5 Å². The van der Waals surface area contributed by atoms with E-state index in [4.69, 9.17) is 4.74 Å². The summed E-state index contributed by atoms with van der Waals surface area (Å²) in [6, 6.07) is 7.70. The molecule has 3 heteroatoms. The minimum atomic E-state index is 0.516. The van der Waals surface area contributed by atoms with Crippen molar-refractivity contribution in [3.8, 4) is 5.75 Å². The zero-order chi connectivity index (χ0) is 13.9. The lowest BCUT2D eigenvalue weighted by Crippen LogP contribution is -2.46. The number of hydrogen-bond acceptors (Lipinski definition) is 3. The molecule has 1 aromatic rings. The SMILES string of the molecule is CCN1CCCC(NC2CCc3ccc(OC)cc32)C1. The fraction of sp³-hybridized carbons (Fsp3) is 0.647. The fourth-order valence-corrected chi connectivity index (χ4v) is 3.64. The van der Waals surface area contributed by atoms with Crippen molar-refractivity contribution in [2.45, 2.75) is 44.7 Å². The molecule has 0 spiro atoms. The van der Waals surface area contributed by atoms with Crippen LogP contribution in [0.2, 0.25) is 0 Å². The van der Waals surface area contributed by atoms with Crippen LogP contribution in [-0.4, -0.2) is 37.7 Å². The van der Waals surface area contributed by atoms with Gasteiger partial charge in [-0.25, -0.2) is 0 Å². The first kappa shape index (κ1) is 13.9. The number of likely N-dealkylation sites (N-methyl/N-ethyl adjacent to an activating group) is 1. The first-order valence-electron chi connectivity index (χ1n) is 7.95. The maximum Gasteiger partial charge on any atom is 0.119 e. The highest BCUT2D eigenvalue weighted by molar-refractivity contribution is 5.40. The van der Waals surface area contributed by atoms with Crippen molar-refractivity contribution in [1.82, 2.24) is 10.2 Å². The number of methoxy groups -OCH3 is 1. The minimum absolute atomic E-state index is 0.516. The Morgan fingerprint density at radius 2 is 2.25 bits per heavy atom. The molecule has 2 aliphatic rings. The Hall–Kier alpha value is -1.06. The van der Waals surface area contributed by atoms with Crippen molar-refractivity contribution >= 4 is 0 Å². The zero-order valence-electron chi connectivity index (χ0n) is 12.7. The molecule has 2 atom stereocenters. The van der Waals surface area contributed by atoms with Crippen molar-refractivity contribution in [3.05, 3.63) is 29.3 Å². The van der Waals surface area contributed by atoms with Gasteiger partial charge in [0.2, 0.25) is 0 Å². The van der Waals surface area contributed by atoms with Gasteiger partial charge in [0.1, 0.15) is 5.75 Å². The number of likely N-dealkylation sites (tertiary alicyclic amines) is 1. The van der Waals surface area contributed by atoms with Gasteiger partial charge in [0.05, 0.1) is 7.11 Å². The number of nitrogens with one attached hydrogen (secondary N) is 1. The van der Waals surface area contributed by atoms with E-state index in [0.717, 1.165) is 5.75 Å². The lowest BCUT2D eigenvalue weighted by atomic mass is 10.0. The summed E-state index contributed by atoms with van der Waals surface area (Å²) in [7, 11) is 1.75. The lowest BCUT2D eigenvalue weighted by Gasteiger charge is -2.34. The fourth-order valence-electron chi connectivity index (χ4n) is 3.64. The third-order valence-corrected chi connectivity index (χ3v) is 4.82. The first-order valence-corrected chi connectivity index (χ1v) is 7.95. The Morgan fingerprint density at radius 3 is 3.05 bits per heavy atom. The highest BCUT2D eigenvalue weighted by Gasteiger charge is 2.27. The van der Waals surface area contributed by atoms with Crippen LogP contribution >= 0.6 is 0 Å². The summed E-state index contributed by atoms with van der Waals surface area (Å²) >= 11 is 0. The molecule has 1 aliphatic heterocycles. The number of rotatable bonds is 4. The summed E-state index contributed by atoms with van der Waals surface area (Å²) in [5, 5.41) is 3.89. The van der Waals surface area contributed by atoms with Crippen molar-refractivity contribution in [2.24, 2.45) is 0 Å². The number of piperidine rings is 1. The highest BCUT2D eigenvalue weighted by Crippen LogP contribution is 2.34. The minimum Gasteiger partial charge on any atom is -0.497 e. The Balaban J connectivity index is 1.68. The van der Waals surface area contributed by atoms with E-state index in [9.17, 15) is 0 Å². The molecule has 1 aliphatic carbocycles. The molecule has 2 unspecified atom stereocenters. The summed E-state index contributed by atoms with van der Waals surface area (Å²) in [5.74, 6) is 0.983. The molecule has 1 fully saturated rings. The molecule has 3 nitrogen and oxygen atoms in total. The monoisotopic (exact) mass is 274 g/mol. The van der Waals surface area contributed by atoms with Crippen LogP contribution in [0.15, 0.2) is 18.2 Å². The number of benzene rings is 1. The van der Waals surface area contributed by atoms with Crippen LogP contribution in [0, 0.1) is 0 Å². The highest BCUT2D eigenvalue weighted by atomic mass is 16.5. The van der Waals surface area contributed by atoms with Gasteiger partial charge in [-0.3, -0.25) is 0 Å². The zero-order valence-corrected chi connectivity index (χ0v) is 12.7. The molecule has 0 saturated carbocycles. The summed E-state index contributed by atoms with van der Waals surface area (Å²) in [5.41, 5.74) is 2.95. The van der Waals surface area contributed by atoms with Crippen molar-refractivity contribution < 1.29 is 4.74 Å². The van der Waals surface area contributed by atoms with Crippen LogP contribution < -0.4 is 10.1 Å². The van der Waals surface area contributed by atoms with Crippen LogP contribution in [0.25, 0.3) is 0 Å². The Bertz CT molecular complexity index is 460. The predicted molar refractivity (Wildman–Crippen MR) is 82.3 cm³/mol. The van der Waals surface area contributed by atoms with Gasteiger partial charge in [0, 0.05) is 18.6 Å². The van der Waals surface area contributed by atoms with Gasteiger partial charge in [-0.05, 0) is 62.0 Å². The second-order valence-electron chi connectivity index (χ2n) is 6.06. The Labute approximate surface area is 122 Å². The summed E-state index contributed by atoms with van der Waals surface area (Å²) in [6.07, 6.45) is 5.06. The average molecular weight is 274 g/mol. The molecule has 0 radical (unpaired) electrons. The van der Waals surface area contributed by atoms with E-state index in [-0.39, 0.29) is 0 Å². The molecule has 110 valence electrons. The van der Waals surface area contributed by atoms with Crippen molar-refractivity contribution in [3.63, 3.8) is 0 Å². The molecule has 0 aromatic heterocycles. The number of nitrogens with zero attached hydrogens (tertiary/aromatic N) is 1. The number of aryl methyl sites for hydroxylation is 1.